The van der Waals surface area contributed by atoms with Gasteiger partial charge in [-0.3, -0.25) is 4.68 Å². The van der Waals surface area contributed by atoms with Crippen LogP contribution in [0.5, 0.6) is 5.75 Å². The van der Waals surface area contributed by atoms with Crippen LogP contribution in [0, 0.1) is 6.92 Å². The molecular weight excluding hydrogens is 262 g/mol. The highest BCUT2D eigenvalue weighted by molar-refractivity contribution is 5.39. The summed E-state index contributed by atoms with van der Waals surface area (Å²) in [4.78, 5) is 0. The van der Waals surface area contributed by atoms with Crippen LogP contribution >= 0.6 is 0 Å². The van der Waals surface area contributed by atoms with E-state index in [-0.39, 0.29) is 0 Å². The summed E-state index contributed by atoms with van der Waals surface area (Å²) in [5, 5.41) is 7.62. The number of aromatic nitrogens is 2. The molecular formula is C17H25N3O. The molecule has 0 radical (unpaired) electrons. The maximum Gasteiger partial charge on any atom is 0.124 e. The van der Waals surface area contributed by atoms with Crippen molar-refractivity contribution in [1.82, 2.24) is 15.1 Å². The third-order valence-corrected chi connectivity index (χ3v) is 3.68. The number of nitrogens with one attached hydrogen (secondary N) is 1. The first-order valence-corrected chi connectivity index (χ1v) is 7.55. The standard InChI is InChI=1S/C17H25N3O/c1-5-18-14(3)16-12-13(2)6-7-17(16)21-11-9-15-8-10-19-20(15)4/h6-8,10,12,14,18H,5,9,11H2,1-4H3. The van der Waals surface area contributed by atoms with Crippen LogP contribution in [0.2, 0.25) is 0 Å². The Bertz CT molecular complexity index is 577. The number of ether oxygens (including phenoxy) is 1. The first-order chi connectivity index (χ1) is 10.1. The summed E-state index contributed by atoms with van der Waals surface area (Å²) in [6.45, 7) is 8.01. The van der Waals surface area contributed by atoms with Crippen LogP contribution in [0.3, 0.4) is 0 Å². The Hall–Kier alpha value is -1.81. The summed E-state index contributed by atoms with van der Waals surface area (Å²) in [6, 6.07) is 8.69. The van der Waals surface area contributed by atoms with E-state index >= 15 is 0 Å². The van der Waals surface area contributed by atoms with Crippen molar-refractivity contribution in [3.8, 4) is 5.75 Å². The molecule has 21 heavy (non-hydrogen) atoms. The molecule has 0 spiro atoms. The summed E-state index contributed by atoms with van der Waals surface area (Å²) >= 11 is 0. The van der Waals surface area contributed by atoms with Crippen molar-refractivity contribution in [2.45, 2.75) is 33.2 Å². The van der Waals surface area contributed by atoms with Gasteiger partial charge in [-0.2, -0.15) is 5.10 Å². The van der Waals surface area contributed by atoms with Crippen molar-refractivity contribution in [2.24, 2.45) is 7.05 Å². The molecule has 0 saturated carbocycles. The van der Waals surface area contributed by atoms with Crippen LogP contribution in [-0.4, -0.2) is 22.9 Å². The number of hydrogen-bond donors (Lipinski definition) is 1. The molecule has 4 heteroatoms. The minimum Gasteiger partial charge on any atom is -0.493 e. The van der Waals surface area contributed by atoms with Gasteiger partial charge in [-0.05, 0) is 32.5 Å². The highest BCUT2D eigenvalue weighted by Gasteiger charge is 2.11. The molecule has 0 bridgehead atoms. The number of hydrogen-bond acceptors (Lipinski definition) is 3. The van der Waals surface area contributed by atoms with Crippen LogP contribution in [0.25, 0.3) is 0 Å². The number of aryl methyl sites for hydroxylation is 2. The fraction of sp³-hybridized carbons (Fsp3) is 0.471. The highest BCUT2D eigenvalue weighted by Crippen LogP contribution is 2.26. The summed E-state index contributed by atoms with van der Waals surface area (Å²) in [7, 11) is 1.96. The van der Waals surface area contributed by atoms with Crippen LogP contribution in [0.1, 0.15) is 36.7 Å². The van der Waals surface area contributed by atoms with Crippen LogP contribution in [0.15, 0.2) is 30.5 Å². The van der Waals surface area contributed by atoms with Gasteiger partial charge in [0, 0.05) is 37.0 Å². The van der Waals surface area contributed by atoms with Gasteiger partial charge in [0.1, 0.15) is 5.75 Å². The zero-order chi connectivity index (χ0) is 15.2. The number of rotatable bonds is 7. The van der Waals surface area contributed by atoms with Crippen LogP contribution in [-0.2, 0) is 13.5 Å². The minimum absolute atomic E-state index is 0.293. The molecule has 1 unspecified atom stereocenters. The van der Waals surface area contributed by atoms with Crippen molar-refractivity contribution in [1.29, 1.82) is 0 Å². The lowest BCUT2D eigenvalue weighted by Crippen LogP contribution is -2.19. The van der Waals surface area contributed by atoms with Crippen molar-refractivity contribution >= 4 is 0 Å². The molecule has 0 saturated heterocycles. The van der Waals surface area contributed by atoms with E-state index in [0.717, 1.165) is 18.7 Å². The third kappa shape index (κ3) is 4.08. The van der Waals surface area contributed by atoms with Crippen molar-refractivity contribution in [2.75, 3.05) is 13.2 Å². The lowest BCUT2D eigenvalue weighted by atomic mass is 10.0. The Morgan fingerprint density at radius 1 is 1.33 bits per heavy atom. The lowest BCUT2D eigenvalue weighted by molar-refractivity contribution is 0.312. The molecule has 114 valence electrons. The quantitative estimate of drug-likeness (QED) is 0.851. The van der Waals surface area contributed by atoms with Crippen LogP contribution < -0.4 is 10.1 Å². The van der Waals surface area contributed by atoms with Crippen molar-refractivity contribution in [3.05, 3.63) is 47.3 Å². The molecule has 0 aliphatic rings. The molecule has 0 fully saturated rings. The zero-order valence-electron chi connectivity index (χ0n) is 13.4. The Morgan fingerprint density at radius 3 is 2.81 bits per heavy atom. The SMILES string of the molecule is CCNC(C)c1cc(C)ccc1OCCc1ccnn1C. The summed E-state index contributed by atoms with van der Waals surface area (Å²) in [6.07, 6.45) is 2.68. The molecule has 1 aromatic heterocycles. The maximum atomic E-state index is 6.01. The average molecular weight is 287 g/mol. The second-order valence-corrected chi connectivity index (χ2v) is 5.37. The van der Waals surface area contributed by atoms with Gasteiger partial charge in [0.2, 0.25) is 0 Å². The van der Waals surface area contributed by atoms with Gasteiger partial charge in [0.25, 0.3) is 0 Å². The van der Waals surface area contributed by atoms with E-state index in [1.54, 1.807) is 0 Å². The predicted octanol–water partition coefficient (Wildman–Crippen LogP) is 3.02. The number of benzene rings is 1. The fourth-order valence-corrected chi connectivity index (χ4v) is 2.47. The van der Waals surface area contributed by atoms with Gasteiger partial charge in [-0.25, -0.2) is 0 Å². The molecule has 2 aromatic rings. The molecule has 0 amide bonds. The average Bonchev–Trinajstić information content (AvgIpc) is 2.86. The maximum absolute atomic E-state index is 6.01. The first kappa shape index (κ1) is 15.6. The van der Waals surface area contributed by atoms with Crippen molar-refractivity contribution in [3.63, 3.8) is 0 Å². The van der Waals surface area contributed by atoms with E-state index in [9.17, 15) is 0 Å². The van der Waals surface area contributed by atoms with Gasteiger partial charge < -0.3 is 10.1 Å². The van der Waals surface area contributed by atoms with Gasteiger partial charge in [0.05, 0.1) is 6.61 Å². The van der Waals surface area contributed by atoms with E-state index in [1.165, 1.54) is 16.8 Å². The molecule has 1 N–H and O–H groups in total. The van der Waals surface area contributed by atoms with E-state index in [0.29, 0.717) is 12.6 Å². The molecule has 0 aliphatic heterocycles. The second-order valence-electron chi connectivity index (χ2n) is 5.37. The Labute approximate surface area is 127 Å². The fourth-order valence-electron chi connectivity index (χ4n) is 2.47. The normalized spacial score (nSPS) is 12.4. The highest BCUT2D eigenvalue weighted by atomic mass is 16.5. The van der Waals surface area contributed by atoms with Gasteiger partial charge in [-0.15, -0.1) is 0 Å². The Kier molecular flexibility index (Phi) is 5.39. The lowest BCUT2D eigenvalue weighted by Gasteiger charge is -2.18. The van der Waals surface area contributed by atoms with E-state index in [1.807, 2.05) is 24.0 Å². The topological polar surface area (TPSA) is 39.1 Å². The molecule has 1 aromatic carbocycles. The zero-order valence-corrected chi connectivity index (χ0v) is 13.4. The summed E-state index contributed by atoms with van der Waals surface area (Å²) < 4.78 is 7.90. The van der Waals surface area contributed by atoms with E-state index in [4.69, 9.17) is 4.74 Å². The first-order valence-electron chi connectivity index (χ1n) is 7.55. The molecule has 4 nitrogen and oxygen atoms in total. The van der Waals surface area contributed by atoms with Crippen molar-refractivity contribution < 1.29 is 4.74 Å². The molecule has 2 rings (SSSR count). The van der Waals surface area contributed by atoms with E-state index < -0.39 is 0 Å². The molecule has 0 aliphatic carbocycles. The number of nitrogens with zero attached hydrogens (tertiary/aromatic N) is 2. The van der Waals surface area contributed by atoms with Crippen LogP contribution in [0.4, 0.5) is 0 Å². The predicted molar refractivity (Wildman–Crippen MR) is 85.7 cm³/mol. The smallest absolute Gasteiger partial charge is 0.124 e. The largest absolute Gasteiger partial charge is 0.493 e. The molecule has 1 atom stereocenters. The molecule has 1 heterocycles. The van der Waals surface area contributed by atoms with Gasteiger partial charge in [-0.1, -0.05) is 24.6 Å². The van der Waals surface area contributed by atoms with Gasteiger partial charge in [0.15, 0.2) is 0 Å². The summed E-state index contributed by atoms with van der Waals surface area (Å²) in [5.41, 5.74) is 3.67. The van der Waals surface area contributed by atoms with E-state index in [2.05, 4.69) is 49.4 Å². The monoisotopic (exact) mass is 287 g/mol. The third-order valence-electron chi connectivity index (χ3n) is 3.68. The van der Waals surface area contributed by atoms with Gasteiger partial charge >= 0.3 is 0 Å². The second kappa shape index (κ2) is 7.27. The summed E-state index contributed by atoms with van der Waals surface area (Å²) in [5.74, 6) is 0.969. The Balaban J connectivity index is 2.03. The Morgan fingerprint density at radius 2 is 2.14 bits per heavy atom. The minimum atomic E-state index is 0.293.